The van der Waals surface area contributed by atoms with E-state index in [9.17, 15) is 5.11 Å². The summed E-state index contributed by atoms with van der Waals surface area (Å²) in [5.41, 5.74) is 0. The van der Waals surface area contributed by atoms with Crippen LogP contribution in [0.5, 0.6) is 0 Å². The van der Waals surface area contributed by atoms with Gasteiger partial charge in [-0.3, -0.25) is 0 Å². The van der Waals surface area contributed by atoms with E-state index in [1.807, 2.05) is 14.1 Å². The maximum atomic E-state index is 9.17. The second-order valence-corrected chi connectivity index (χ2v) is 3.25. The van der Waals surface area contributed by atoms with Crippen molar-refractivity contribution in [3.63, 3.8) is 0 Å². The van der Waals surface area contributed by atoms with E-state index in [1.165, 1.54) is 0 Å². The largest absolute Gasteiger partial charge is 0.391 e. The molecular formula is C8H19NO2. The van der Waals surface area contributed by atoms with Gasteiger partial charge in [-0.2, -0.15) is 0 Å². The molecule has 0 spiro atoms. The predicted molar refractivity (Wildman–Crippen MR) is 45.5 cm³/mol. The van der Waals surface area contributed by atoms with Gasteiger partial charge >= 0.3 is 0 Å². The van der Waals surface area contributed by atoms with E-state index in [0.29, 0.717) is 6.42 Å². The SMILES string of the molecule is C[C@H](O)[C@@H](O)CCCN(C)C. The number of aliphatic hydroxyl groups excluding tert-OH is 2. The van der Waals surface area contributed by atoms with Crippen LogP contribution in [0.4, 0.5) is 0 Å². The number of aliphatic hydroxyl groups is 2. The molecule has 0 aromatic heterocycles. The van der Waals surface area contributed by atoms with E-state index in [2.05, 4.69) is 4.90 Å². The normalized spacial score (nSPS) is 16.9. The summed E-state index contributed by atoms with van der Waals surface area (Å²) in [5.74, 6) is 0. The zero-order chi connectivity index (χ0) is 8.85. The van der Waals surface area contributed by atoms with E-state index in [1.54, 1.807) is 6.92 Å². The molecule has 2 atom stereocenters. The highest BCUT2D eigenvalue weighted by atomic mass is 16.3. The molecule has 0 radical (unpaired) electrons. The topological polar surface area (TPSA) is 43.7 Å². The Morgan fingerprint density at radius 3 is 2.18 bits per heavy atom. The van der Waals surface area contributed by atoms with Gasteiger partial charge in [0.25, 0.3) is 0 Å². The first kappa shape index (κ1) is 10.9. The summed E-state index contributed by atoms with van der Waals surface area (Å²) in [7, 11) is 3.99. The van der Waals surface area contributed by atoms with Crippen LogP contribution in [0.15, 0.2) is 0 Å². The lowest BCUT2D eigenvalue weighted by molar-refractivity contribution is 0.0241. The smallest absolute Gasteiger partial charge is 0.0796 e. The second kappa shape index (κ2) is 5.52. The summed E-state index contributed by atoms with van der Waals surface area (Å²) in [6.45, 7) is 2.57. The highest BCUT2D eigenvalue weighted by molar-refractivity contribution is 4.62. The summed E-state index contributed by atoms with van der Waals surface area (Å²) in [4.78, 5) is 2.06. The first-order chi connectivity index (χ1) is 5.04. The Morgan fingerprint density at radius 1 is 1.27 bits per heavy atom. The molecule has 0 aliphatic rings. The molecule has 0 bridgehead atoms. The van der Waals surface area contributed by atoms with Gasteiger partial charge in [-0.1, -0.05) is 0 Å². The van der Waals surface area contributed by atoms with Crippen molar-refractivity contribution in [3.8, 4) is 0 Å². The van der Waals surface area contributed by atoms with Crippen molar-refractivity contribution in [2.24, 2.45) is 0 Å². The van der Waals surface area contributed by atoms with Crippen molar-refractivity contribution >= 4 is 0 Å². The minimum absolute atomic E-state index is 0.560. The molecule has 0 aromatic carbocycles. The van der Waals surface area contributed by atoms with E-state index in [0.717, 1.165) is 13.0 Å². The highest BCUT2D eigenvalue weighted by Gasteiger charge is 2.09. The quantitative estimate of drug-likeness (QED) is 0.599. The first-order valence-corrected chi connectivity index (χ1v) is 4.05. The summed E-state index contributed by atoms with van der Waals surface area (Å²) >= 11 is 0. The van der Waals surface area contributed by atoms with Crippen LogP contribution in [-0.4, -0.2) is 48.0 Å². The zero-order valence-corrected chi connectivity index (χ0v) is 7.62. The third-order valence-corrected chi connectivity index (χ3v) is 1.66. The van der Waals surface area contributed by atoms with Crippen LogP contribution >= 0.6 is 0 Å². The minimum Gasteiger partial charge on any atom is -0.391 e. The Morgan fingerprint density at radius 2 is 1.82 bits per heavy atom. The van der Waals surface area contributed by atoms with Gasteiger partial charge in [0, 0.05) is 0 Å². The van der Waals surface area contributed by atoms with Crippen molar-refractivity contribution < 1.29 is 10.2 Å². The number of rotatable bonds is 5. The molecule has 0 saturated carbocycles. The Hall–Kier alpha value is -0.120. The summed E-state index contributed by atoms with van der Waals surface area (Å²) in [5, 5.41) is 18.1. The Labute approximate surface area is 68.6 Å². The van der Waals surface area contributed by atoms with E-state index >= 15 is 0 Å². The van der Waals surface area contributed by atoms with Gasteiger partial charge in [-0.05, 0) is 40.4 Å². The molecule has 0 aromatic rings. The van der Waals surface area contributed by atoms with Gasteiger partial charge in [0.15, 0.2) is 0 Å². The molecule has 0 saturated heterocycles. The Bertz CT molecular complexity index is 94.1. The number of hydrogen-bond acceptors (Lipinski definition) is 3. The molecule has 0 fully saturated rings. The molecular weight excluding hydrogens is 142 g/mol. The third kappa shape index (κ3) is 6.28. The lowest BCUT2D eigenvalue weighted by Gasteiger charge is -2.14. The number of hydrogen-bond donors (Lipinski definition) is 2. The van der Waals surface area contributed by atoms with Crippen LogP contribution in [0.25, 0.3) is 0 Å². The summed E-state index contributed by atoms with van der Waals surface area (Å²) < 4.78 is 0. The van der Waals surface area contributed by atoms with Crippen molar-refractivity contribution in [3.05, 3.63) is 0 Å². The zero-order valence-electron chi connectivity index (χ0n) is 7.62. The fourth-order valence-corrected chi connectivity index (χ4v) is 0.858. The van der Waals surface area contributed by atoms with Crippen LogP contribution in [0.3, 0.4) is 0 Å². The molecule has 0 aliphatic heterocycles. The highest BCUT2D eigenvalue weighted by Crippen LogP contribution is 2.01. The van der Waals surface area contributed by atoms with Gasteiger partial charge in [0.1, 0.15) is 0 Å². The molecule has 68 valence electrons. The molecule has 0 amide bonds. The van der Waals surface area contributed by atoms with Crippen molar-refractivity contribution in [2.75, 3.05) is 20.6 Å². The average Bonchev–Trinajstić information content (AvgIpc) is 1.86. The summed E-state index contributed by atoms with van der Waals surface area (Å²) in [6, 6.07) is 0. The lowest BCUT2D eigenvalue weighted by Crippen LogP contribution is -2.24. The maximum absolute atomic E-state index is 9.17. The van der Waals surface area contributed by atoms with E-state index in [-0.39, 0.29) is 0 Å². The van der Waals surface area contributed by atoms with E-state index in [4.69, 9.17) is 5.11 Å². The maximum Gasteiger partial charge on any atom is 0.0796 e. The van der Waals surface area contributed by atoms with Crippen molar-refractivity contribution in [1.29, 1.82) is 0 Å². The molecule has 0 aliphatic carbocycles. The molecule has 2 N–H and O–H groups in total. The molecule has 0 rings (SSSR count). The van der Waals surface area contributed by atoms with Crippen LogP contribution in [-0.2, 0) is 0 Å². The van der Waals surface area contributed by atoms with Crippen molar-refractivity contribution in [2.45, 2.75) is 32.0 Å². The van der Waals surface area contributed by atoms with Gasteiger partial charge < -0.3 is 15.1 Å². The first-order valence-electron chi connectivity index (χ1n) is 4.05. The third-order valence-electron chi connectivity index (χ3n) is 1.66. The van der Waals surface area contributed by atoms with Crippen LogP contribution in [0.1, 0.15) is 19.8 Å². The molecule has 0 heterocycles. The van der Waals surface area contributed by atoms with E-state index < -0.39 is 12.2 Å². The van der Waals surface area contributed by atoms with Gasteiger partial charge in [0.05, 0.1) is 12.2 Å². The average molecular weight is 161 g/mol. The Kier molecular flexibility index (Phi) is 5.46. The lowest BCUT2D eigenvalue weighted by atomic mass is 10.1. The minimum atomic E-state index is -0.600. The monoisotopic (exact) mass is 161 g/mol. The van der Waals surface area contributed by atoms with Crippen molar-refractivity contribution in [1.82, 2.24) is 4.90 Å². The van der Waals surface area contributed by atoms with Gasteiger partial charge in [-0.15, -0.1) is 0 Å². The molecule has 3 heteroatoms. The molecule has 3 nitrogen and oxygen atoms in total. The summed E-state index contributed by atoms with van der Waals surface area (Å²) in [6.07, 6.45) is 0.446. The fraction of sp³-hybridized carbons (Fsp3) is 1.00. The number of nitrogens with zero attached hydrogens (tertiary/aromatic N) is 1. The predicted octanol–water partition coefficient (Wildman–Crippen LogP) is 0.0699. The van der Waals surface area contributed by atoms with Gasteiger partial charge in [-0.25, -0.2) is 0 Å². The molecule has 0 unspecified atom stereocenters. The Balaban J connectivity index is 3.24. The van der Waals surface area contributed by atoms with Crippen LogP contribution < -0.4 is 0 Å². The second-order valence-electron chi connectivity index (χ2n) is 3.25. The van der Waals surface area contributed by atoms with Crippen LogP contribution in [0, 0.1) is 0 Å². The van der Waals surface area contributed by atoms with Crippen LogP contribution in [0.2, 0.25) is 0 Å². The standard InChI is InChI=1S/C8H19NO2/c1-7(10)8(11)5-4-6-9(2)3/h7-8,10-11H,4-6H2,1-3H3/t7-,8-/m0/s1. The fourth-order valence-electron chi connectivity index (χ4n) is 0.858. The van der Waals surface area contributed by atoms with Gasteiger partial charge in [0.2, 0.25) is 0 Å². The molecule has 11 heavy (non-hydrogen) atoms.